The molecule has 0 amide bonds. The van der Waals surface area contributed by atoms with E-state index in [1.54, 1.807) is 12.2 Å². The van der Waals surface area contributed by atoms with Crippen molar-refractivity contribution in [1.29, 1.82) is 0 Å². The van der Waals surface area contributed by atoms with Crippen LogP contribution in [0.2, 0.25) is 0 Å². The summed E-state index contributed by atoms with van der Waals surface area (Å²) in [5, 5.41) is 31.3. The van der Waals surface area contributed by atoms with E-state index in [0.29, 0.717) is 19.3 Å². The van der Waals surface area contributed by atoms with Gasteiger partial charge in [0.15, 0.2) is 24.6 Å². The third-order valence-electron chi connectivity index (χ3n) is 12.1. The number of hydrogen-bond donors (Lipinski definition) is 3. The van der Waals surface area contributed by atoms with Crippen LogP contribution in [0.5, 0.6) is 0 Å². The summed E-state index contributed by atoms with van der Waals surface area (Å²) in [6.45, 7) is 5.81. The van der Waals surface area contributed by atoms with Crippen molar-refractivity contribution in [3.63, 3.8) is 0 Å². The highest BCUT2D eigenvalue weighted by Gasteiger charge is 2.50. The average molecular weight is 973 g/mol. The molecule has 1 heterocycles. The first kappa shape index (κ1) is 63.4. The summed E-state index contributed by atoms with van der Waals surface area (Å²) in [7, 11) is 0. The van der Waals surface area contributed by atoms with Crippen molar-refractivity contribution in [3.05, 3.63) is 60.8 Å². The average Bonchev–Trinajstić information content (AvgIpc) is 3.33. The Kier molecular flexibility index (Phi) is 41.9. The Labute approximate surface area is 417 Å². The van der Waals surface area contributed by atoms with E-state index in [1.807, 2.05) is 12.2 Å². The minimum absolute atomic E-state index is 0.155. The first-order chi connectivity index (χ1) is 33.6. The zero-order chi connectivity index (χ0) is 50.4. The monoisotopic (exact) mass is 973 g/mol. The van der Waals surface area contributed by atoms with Gasteiger partial charge in [0.25, 0.3) is 0 Å². The molecule has 0 spiro atoms. The van der Waals surface area contributed by atoms with Crippen molar-refractivity contribution in [2.24, 2.45) is 0 Å². The molecular weight excluding hydrogens is 877 g/mol. The van der Waals surface area contributed by atoms with Gasteiger partial charge in [-0.05, 0) is 44.9 Å². The predicted octanol–water partition coefficient (Wildman–Crippen LogP) is 13.2. The third kappa shape index (κ3) is 36.1. The van der Waals surface area contributed by atoms with Crippen molar-refractivity contribution in [3.8, 4) is 0 Å². The van der Waals surface area contributed by atoms with Gasteiger partial charge in [-0.2, -0.15) is 0 Å². The number of allylic oxidation sites excluding steroid dienone is 9. The number of unbranched alkanes of at least 4 members (excludes halogenated alkanes) is 22. The lowest BCUT2D eigenvalue weighted by Crippen LogP contribution is -2.61. The second-order valence-electron chi connectivity index (χ2n) is 18.5. The lowest BCUT2D eigenvalue weighted by molar-refractivity contribution is -0.301. The number of aliphatic hydroxyl groups is 2. The van der Waals surface area contributed by atoms with Gasteiger partial charge in [0, 0.05) is 12.8 Å². The molecule has 1 rings (SSSR count). The largest absolute Gasteiger partial charge is 0.479 e. The van der Waals surface area contributed by atoms with E-state index in [1.165, 1.54) is 103 Å². The Morgan fingerprint density at radius 3 is 1.33 bits per heavy atom. The normalized spacial score (nSPS) is 19.1. The van der Waals surface area contributed by atoms with Crippen molar-refractivity contribution >= 4 is 23.9 Å². The summed E-state index contributed by atoms with van der Waals surface area (Å²) in [6, 6.07) is 0. The van der Waals surface area contributed by atoms with Crippen molar-refractivity contribution < 1.29 is 58.2 Å². The van der Waals surface area contributed by atoms with Gasteiger partial charge in [-0.25, -0.2) is 4.79 Å². The maximum absolute atomic E-state index is 13.1. The Morgan fingerprint density at radius 1 is 0.493 bits per heavy atom. The van der Waals surface area contributed by atoms with Gasteiger partial charge in [-0.1, -0.05) is 223 Å². The molecule has 6 unspecified atom stereocenters. The van der Waals surface area contributed by atoms with E-state index in [2.05, 4.69) is 57.2 Å². The molecule has 6 atom stereocenters. The smallest absolute Gasteiger partial charge is 0.335 e. The molecule has 0 aromatic heterocycles. The van der Waals surface area contributed by atoms with Crippen LogP contribution in [0.4, 0.5) is 0 Å². The molecule has 69 heavy (non-hydrogen) atoms. The van der Waals surface area contributed by atoms with Gasteiger partial charge in [-0.3, -0.25) is 14.4 Å². The number of aliphatic carboxylic acids is 1. The summed E-state index contributed by atoms with van der Waals surface area (Å²) in [5.41, 5.74) is 0. The van der Waals surface area contributed by atoms with Gasteiger partial charge in [0.2, 0.25) is 0 Å². The van der Waals surface area contributed by atoms with Crippen LogP contribution in [0.25, 0.3) is 0 Å². The zero-order valence-electron chi connectivity index (χ0n) is 43.3. The lowest BCUT2D eigenvalue weighted by Gasteiger charge is -2.40. The number of carbonyl (C=O) groups excluding carboxylic acids is 3. The maximum atomic E-state index is 13.1. The molecule has 1 fully saturated rings. The molecule has 0 aliphatic carbocycles. The van der Waals surface area contributed by atoms with Crippen molar-refractivity contribution in [2.45, 2.75) is 263 Å². The SMILES string of the molecule is CC/C=C\C/C=C\C/C=C\C/C=C\C/C=C\CC(=O)OC1C(OCC(COC(=O)CCCCCCCCCCCCCCC)OC(=O)CCCCCCCCCCCCC)OC(C(=O)O)C(O)C1O. The summed E-state index contributed by atoms with van der Waals surface area (Å²) in [4.78, 5) is 50.8. The third-order valence-corrected chi connectivity index (χ3v) is 12.1. The predicted molar refractivity (Wildman–Crippen MR) is 275 cm³/mol. The van der Waals surface area contributed by atoms with E-state index in [4.69, 9.17) is 23.7 Å². The molecule has 12 nitrogen and oxygen atoms in total. The van der Waals surface area contributed by atoms with E-state index >= 15 is 0 Å². The molecule has 3 N–H and O–H groups in total. The van der Waals surface area contributed by atoms with Crippen LogP contribution >= 0.6 is 0 Å². The van der Waals surface area contributed by atoms with Gasteiger partial charge in [0.05, 0.1) is 13.0 Å². The van der Waals surface area contributed by atoms with Crippen LogP contribution < -0.4 is 0 Å². The van der Waals surface area contributed by atoms with Crippen molar-refractivity contribution in [2.75, 3.05) is 13.2 Å². The van der Waals surface area contributed by atoms with Gasteiger partial charge >= 0.3 is 23.9 Å². The summed E-state index contributed by atoms with van der Waals surface area (Å²) in [5.74, 6) is -3.27. The first-order valence-electron chi connectivity index (χ1n) is 27.3. The summed E-state index contributed by atoms with van der Waals surface area (Å²) in [6.07, 6.45) is 42.3. The van der Waals surface area contributed by atoms with Crippen LogP contribution in [-0.2, 0) is 42.9 Å². The molecule has 1 aliphatic heterocycles. The van der Waals surface area contributed by atoms with E-state index in [-0.39, 0.29) is 25.9 Å². The maximum Gasteiger partial charge on any atom is 0.335 e. The van der Waals surface area contributed by atoms with Gasteiger partial charge < -0.3 is 39.0 Å². The highest BCUT2D eigenvalue weighted by atomic mass is 16.7. The number of aliphatic hydroxyl groups excluding tert-OH is 2. The molecule has 1 saturated heterocycles. The fraction of sp³-hybridized carbons (Fsp3) is 0.754. The number of carboxylic acid groups (broad SMARTS) is 1. The number of ether oxygens (including phenoxy) is 5. The highest BCUT2D eigenvalue weighted by molar-refractivity contribution is 5.74. The van der Waals surface area contributed by atoms with E-state index in [0.717, 1.165) is 64.2 Å². The van der Waals surface area contributed by atoms with Crippen LogP contribution in [0.15, 0.2) is 60.8 Å². The van der Waals surface area contributed by atoms with Crippen LogP contribution in [-0.4, -0.2) is 89.2 Å². The molecular formula is C57H96O12. The molecule has 1 aliphatic rings. The fourth-order valence-corrected chi connectivity index (χ4v) is 7.97. The Hall–Kier alpha value is -3.58. The second kappa shape index (κ2) is 45.6. The quantitative estimate of drug-likeness (QED) is 0.0228. The van der Waals surface area contributed by atoms with Crippen LogP contribution in [0, 0.1) is 0 Å². The molecule has 12 heteroatoms. The number of carbonyl (C=O) groups is 4. The van der Waals surface area contributed by atoms with Gasteiger partial charge in [0.1, 0.15) is 18.8 Å². The number of carboxylic acids is 1. The van der Waals surface area contributed by atoms with Crippen LogP contribution in [0.3, 0.4) is 0 Å². The molecule has 0 aromatic rings. The number of rotatable bonds is 45. The molecule has 396 valence electrons. The summed E-state index contributed by atoms with van der Waals surface area (Å²) < 4.78 is 28.2. The molecule has 0 saturated carbocycles. The standard InChI is InChI=1S/C57H96O12/c1-4-7-10-13-16-19-22-24-25-27-30-33-36-39-42-45-51(60)68-55-53(62)52(61)54(56(63)64)69-57(55)66-47-48(67-50(59)44-41-38-35-32-28-21-18-15-12-9-6-3)46-65-49(58)43-40-37-34-31-29-26-23-20-17-14-11-8-5-2/h7,10,16,19,24-25,30,33,39,42,48,52-55,57,61-62H,4-6,8-9,11-15,17-18,20-23,26-29,31-32,34-38,40-41,43-47H2,1-3H3,(H,63,64)/b10-7-,19-16-,25-24-,33-30-,42-39-. The zero-order valence-corrected chi connectivity index (χ0v) is 43.3. The molecule has 0 radical (unpaired) electrons. The fourth-order valence-electron chi connectivity index (χ4n) is 7.97. The van der Waals surface area contributed by atoms with Gasteiger partial charge in [-0.15, -0.1) is 0 Å². The van der Waals surface area contributed by atoms with Crippen molar-refractivity contribution in [1.82, 2.24) is 0 Å². The minimum atomic E-state index is -1.93. The first-order valence-corrected chi connectivity index (χ1v) is 27.3. The minimum Gasteiger partial charge on any atom is -0.479 e. The van der Waals surface area contributed by atoms with E-state index in [9.17, 15) is 34.5 Å². The lowest BCUT2D eigenvalue weighted by atomic mass is 9.98. The summed E-state index contributed by atoms with van der Waals surface area (Å²) >= 11 is 0. The molecule has 0 bridgehead atoms. The Bertz CT molecular complexity index is 1440. The topological polar surface area (TPSA) is 175 Å². The molecule has 0 aromatic carbocycles. The highest BCUT2D eigenvalue weighted by Crippen LogP contribution is 2.26. The Morgan fingerprint density at radius 2 is 0.899 bits per heavy atom. The number of hydrogen-bond acceptors (Lipinski definition) is 11. The van der Waals surface area contributed by atoms with Crippen LogP contribution in [0.1, 0.15) is 226 Å². The van der Waals surface area contributed by atoms with E-state index < -0.39 is 67.3 Å². The Balaban J connectivity index is 2.76. The number of esters is 3. The second-order valence-corrected chi connectivity index (χ2v) is 18.5.